The number of aliphatic hydroxyl groups is 1. The van der Waals surface area contributed by atoms with Gasteiger partial charge < -0.3 is 24.4 Å². The normalized spacial score (nSPS) is 9.52. The summed E-state index contributed by atoms with van der Waals surface area (Å²) >= 11 is 0. The highest BCUT2D eigenvalue weighted by Crippen LogP contribution is 2.12. The van der Waals surface area contributed by atoms with Gasteiger partial charge >= 0.3 is 23.9 Å². The number of carbonyl (C=O) groups excluding carboxylic acids is 3. The lowest BCUT2D eigenvalue weighted by molar-refractivity contribution is -0.140. The third kappa shape index (κ3) is 39.8. The Morgan fingerprint density at radius 1 is 0.783 bits per heavy atom. The Labute approximate surface area is 277 Å². The van der Waals surface area contributed by atoms with Gasteiger partial charge in [-0.25, -0.2) is 19.2 Å². The summed E-state index contributed by atoms with van der Waals surface area (Å²) in [4.78, 5) is 41.3. The molecule has 9 heteroatoms. The first-order valence-corrected chi connectivity index (χ1v) is 15.4. The van der Waals surface area contributed by atoms with E-state index in [1.807, 2.05) is 36.4 Å². The molecule has 0 spiro atoms. The molecular weight excluding hydrogens is 588 g/mol. The lowest BCUT2D eigenvalue weighted by Crippen LogP contribution is -2.12. The van der Waals surface area contributed by atoms with Crippen LogP contribution in [0.2, 0.25) is 0 Å². The Hall–Kier alpha value is -4.24. The summed E-state index contributed by atoms with van der Waals surface area (Å²) in [6.07, 6.45) is 11.0. The number of rotatable bonds is 17. The minimum Gasteiger partial charge on any atom is -0.478 e. The van der Waals surface area contributed by atoms with E-state index in [9.17, 15) is 19.2 Å². The molecule has 0 aliphatic rings. The zero-order valence-corrected chi connectivity index (χ0v) is 28.8. The minimum absolute atomic E-state index is 0.0451. The summed E-state index contributed by atoms with van der Waals surface area (Å²) in [6, 6.07) is 10.0. The lowest BCUT2D eigenvalue weighted by atomic mass is 10.0. The maximum Gasteiger partial charge on any atom is 0.333 e. The molecule has 9 nitrogen and oxygen atoms in total. The number of aliphatic carboxylic acids is 1. The van der Waals surface area contributed by atoms with E-state index in [0.29, 0.717) is 36.7 Å². The fourth-order valence-corrected chi connectivity index (χ4v) is 2.53. The van der Waals surface area contributed by atoms with Crippen molar-refractivity contribution in [2.24, 2.45) is 5.92 Å². The van der Waals surface area contributed by atoms with Crippen LogP contribution in [0.25, 0.3) is 6.08 Å². The summed E-state index contributed by atoms with van der Waals surface area (Å²) in [7, 11) is 0. The van der Waals surface area contributed by atoms with Gasteiger partial charge in [0.15, 0.2) is 0 Å². The number of aliphatic hydroxyl groups excluding tert-OH is 1. The topological polar surface area (TPSA) is 136 Å². The van der Waals surface area contributed by atoms with Crippen molar-refractivity contribution in [2.75, 3.05) is 26.4 Å². The summed E-state index contributed by atoms with van der Waals surface area (Å²) in [6.45, 7) is 27.7. The monoisotopic (exact) mass is 646 g/mol. The molecular formula is C37H58O9. The predicted octanol–water partition coefficient (Wildman–Crippen LogP) is 7.91. The number of ether oxygens (including phenoxy) is 3. The zero-order chi connectivity index (χ0) is 36.2. The van der Waals surface area contributed by atoms with E-state index in [-0.39, 0.29) is 25.2 Å². The largest absolute Gasteiger partial charge is 0.478 e. The molecule has 0 saturated heterocycles. The SMILES string of the molecule is C=C(C)C(=O)OCCCC.C=C(C)C(=O)OCCCO.C=CC(=O)O.C=CC(=O)OCC(CC)CCCC.C=Cc1ccccc1. The third-order valence-electron chi connectivity index (χ3n) is 5.34. The highest BCUT2D eigenvalue weighted by Gasteiger charge is 2.07. The number of carbonyl (C=O) groups is 4. The summed E-state index contributed by atoms with van der Waals surface area (Å²) in [5.41, 5.74) is 2.03. The van der Waals surface area contributed by atoms with E-state index < -0.39 is 11.9 Å². The number of benzene rings is 1. The maximum atomic E-state index is 10.8. The lowest BCUT2D eigenvalue weighted by Gasteiger charge is -2.13. The maximum absolute atomic E-state index is 10.8. The molecule has 1 rings (SSSR count). The molecule has 1 unspecified atom stereocenters. The molecule has 0 aliphatic carbocycles. The second-order valence-electron chi connectivity index (χ2n) is 9.67. The van der Waals surface area contributed by atoms with E-state index in [1.165, 1.54) is 24.5 Å². The average Bonchev–Trinajstić information content (AvgIpc) is 3.06. The molecule has 0 aromatic heterocycles. The predicted molar refractivity (Wildman–Crippen MR) is 187 cm³/mol. The number of unbranched alkanes of at least 4 members (excludes halogenated alkanes) is 2. The van der Waals surface area contributed by atoms with Gasteiger partial charge in [0, 0.05) is 36.3 Å². The van der Waals surface area contributed by atoms with Crippen LogP contribution in [0.15, 0.2) is 86.5 Å². The van der Waals surface area contributed by atoms with Crippen molar-refractivity contribution in [2.45, 2.75) is 79.6 Å². The van der Waals surface area contributed by atoms with Crippen LogP contribution in [-0.4, -0.2) is 60.5 Å². The number of hydrogen-bond acceptors (Lipinski definition) is 8. The van der Waals surface area contributed by atoms with Gasteiger partial charge in [0.2, 0.25) is 0 Å². The molecule has 0 aliphatic heterocycles. The Morgan fingerprint density at radius 2 is 1.26 bits per heavy atom. The highest BCUT2D eigenvalue weighted by atomic mass is 16.5. The molecule has 1 aromatic rings. The van der Waals surface area contributed by atoms with Gasteiger partial charge in [0.25, 0.3) is 0 Å². The molecule has 46 heavy (non-hydrogen) atoms. The first kappa shape index (κ1) is 48.7. The molecule has 0 saturated carbocycles. The van der Waals surface area contributed by atoms with E-state index in [1.54, 1.807) is 13.8 Å². The summed E-state index contributed by atoms with van der Waals surface area (Å²) < 4.78 is 14.4. The van der Waals surface area contributed by atoms with E-state index in [4.69, 9.17) is 19.7 Å². The van der Waals surface area contributed by atoms with Crippen molar-refractivity contribution in [3.63, 3.8) is 0 Å². The van der Waals surface area contributed by atoms with Gasteiger partial charge in [0.05, 0.1) is 19.8 Å². The first-order valence-electron chi connectivity index (χ1n) is 15.4. The van der Waals surface area contributed by atoms with Crippen molar-refractivity contribution in [3.8, 4) is 0 Å². The second-order valence-corrected chi connectivity index (χ2v) is 9.67. The highest BCUT2D eigenvalue weighted by molar-refractivity contribution is 5.87. The molecule has 0 bridgehead atoms. The van der Waals surface area contributed by atoms with Crippen molar-refractivity contribution in [3.05, 3.63) is 92.1 Å². The van der Waals surface area contributed by atoms with E-state index in [0.717, 1.165) is 31.8 Å². The third-order valence-corrected chi connectivity index (χ3v) is 5.34. The molecule has 0 heterocycles. The van der Waals surface area contributed by atoms with Gasteiger partial charge in [-0.3, -0.25) is 0 Å². The zero-order valence-electron chi connectivity index (χ0n) is 28.8. The molecule has 0 fully saturated rings. The van der Waals surface area contributed by atoms with Crippen molar-refractivity contribution >= 4 is 30.0 Å². The minimum atomic E-state index is -0.981. The van der Waals surface area contributed by atoms with Gasteiger partial charge in [-0.2, -0.15) is 0 Å². The van der Waals surface area contributed by atoms with Crippen molar-refractivity contribution < 1.29 is 43.6 Å². The van der Waals surface area contributed by atoms with E-state index in [2.05, 4.69) is 58.4 Å². The Kier molecular flexibility index (Phi) is 39.1. The fraction of sp³-hybridized carbons (Fsp3) is 0.459. The van der Waals surface area contributed by atoms with Gasteiger partial charge in [-0.1, -0.05) is 116 Å². The molecule has 1 aromatic carbocycles. The summed E-state index contributed by atoms with van der Waals surface area (Å²) in [5.74, 6) is -1.45. The van der Waals surface area contributed by atoms with Crippen LogP contribution in [0, 0.1) is 5.92 Å². The summed E-state index contributed by atoms with van der Waals surface area (Å²) in [5, 5.41) is 15.9. The Morgan fingerprint density at radius 3 is 1.59 bits per heavy atom. The number of hydrogen-bond donors (Lipinski definition) is 2. The Balaban J connectivity index is -0.000000246. The molecule has 2 N–H and O–H groups in total. The molecule has 1 atom stereocenters. The van der Waals surface area contributed by atoms with E-state index >= 15 is 0 Å². The average molecular weight is 647 g/mol. The number of carboxylic acid groups (broad SMARTS) is 1. The van der Waals surface area contributed by atoms with Crippen molar-refractivity contribution in [1.29, 1.82) is 0 Å². The number of carboxylic acids is 1. The first-order chi connectivity index (χ1) is 21.8. The Bertz CT molecular complexity index is 965. The van der Waals surface area contributed by atoms with Crippen LogP contribution >= 0.6 is 0 Å². The smallest absolute Gasteiger partial charge is 0.333 e. The van der Waals surface area contributed by atoms with Crippen LogP contribution in [0.3, 0.4) is 0 Å². The van der Waals surface area contributed by atoms with Crippen LogP contribution in [0.5, 0.6) is 0 Å². The van der Waals surface area contributed by atoms with Crippen LogP contribution < -0.4 is 0 Å². The molecule has 0 amide bonds. The quantitative estimate of drug-likeness (QED) is 0.0748. The number of esters is 3. The van der Waals surface area contributed by atoms with Crippen LogP contribution in [0.1, 0.15) is 85.1 Å². The molecule has 260 valence electrons. The van der Waals surface area contributed by atoms with Gasteiger partial charge in [0.1, 0.15) is 0 Å². The van der Waals surface area contributed by atoms with Crippen molar-refractivity contribution in [1.82, 2.24) is 0 Å². The second kappa shape index (κ2) is 36.9. The van der Waals surface area contributed by atoms with Crippen LogP contribution in [-0.2, 0) is 33.4 Å². The van der Waals surface area contributed by atoms with Gasteiger partial charge in [-0.05, 0) is 38.2 Å². The molecule has 0 radical (unpaired) electrons. The van der Waals surface area contributed by atoms with Crippen LogP contribution in [0.4, 0.5) is 0 Å². The standard InChI is InChI=1S/C11H20O2.C8H14O2.C8H8.C7H12O3.C3H4O2/c1-4-7-8-10(5-2)9-13-11(12)6-3;1-4-5-6-10-8(9)7(2)3;1-2-8-6-4-3-5-7-8;1-6(2)7(9)10-5-3-4-8;1-2-3(4)5/h6,10H,3-5,7-9H2,1-2H3;2,4-6H2,1,3H3;2-7H,1H2;8H,1,3-5H2,2H3;2H,1H2,(H,4,5). The fourth-order valence-electron chi connectivity index (χ4n) is 2.53. The van der Waals surface area contributed by atoms with Gasteiger partial charge in [-0.15, -0.1) is 0 Å².